The molecular weight excluding hydrogens is 370 g/mol. The monoisotopic (exact) mass is 400 g/mol. The minimum absolute atomic E-state index is 0.000548. The molecule has 0 radical (unpaired) electrons. The fraction of sp³-hybridized carbons (Fsp3) is 0.435. The first-order valence-corrected chi connectivity index (χ1v) is 10.1. The molecule has 2 aliphatic rings. The zero-order valence-electron chi connectivity index (χ0n) is 17.2. The number of allylic oxidation sites excluding steroid dienone is 1. The summed E-state index contributed by atoms with van der Waals surface area (Å²) in [6.07, 6.45) is 6.67. The summed E-state index contributed by atoms with van der Waals surface area (Å²) in [5.41, 5.74) is 1.66. The zero-order chi connectivity index (χ0) is 21.0. The van der Waals surface area contributed by atoms with Crippen LogP contribution in [0.2, 0.25) is 0 Å². The number of alkyl halides is 2. The fourth-order valence-electron chi connectivity index (χ4n) is 3.73. The summed E-state index contributed by atoms with van der Waals surface area (Å²) < 4.78 is 27.0. The van der Waals surface area contributed by atoms with E-state index in [1.165, 1.54) is 12.1 Å². The second-order valence-corrected chi connectivity index (χ2v) is 7.97. The van der Waals surface area contributed by atoms with Gasteiger partial charge in [-0.3, -0.25) is 0 Å². The summed E-state index contributed by atoms with van der Waals surface area (Å²) in [5.74, 6) is -1.49. The Kier molecular flexibility index (Phi) is 6.52. The highest BCUT2D eigenvalue weighted by molar-refractivity contribution is 5.95. The van der Waals surface area contributed by atoms with Crippen molar-refractivity contribution in [3.8, 4) is 0 Å². The van der Waals surface area contributed by atoms with Crippen molar-refractivity contribution in [2.45, 2.75) is 38.3 Å². The summed E-state index contributed by atoms with van der Waals surface area (Å²) in [4.78, 5) is 6.93. The maximum Gasteiger partial charge on any atom is 0.270 e. The SMILES string of the molecule is C=CC(C)CC1CN(C2=NC=CC(=C)C2Nc2ccc(C(C)(F)F)cc2)CCN1. The van der Waals surface area contributed by atoms with Crippen molar-refractivity contribution >= 4 is 11.5 Å². The summed E-state index contributed by atoms with van der Waals surface area (Å²) in [7, 11) is 0. The molecule has 1 saturated heterocycles. The number of nitrogens with zero attached hydrogens (tertiary/aromatic N) is 2. The number of halogens is 2. The Bertz CT molecular complexity index is 792. The van der Waals surface area contributed by atoms with Crippen LogP contribution in [-0.2, 0) is 5.92 Å². The van der Waals surface area contributed by atoms with Gasteiger partial charge in [0.25, 0.3) is 5.92 Å². The van der Waals surface area contributed by atoms with E-state index in [1.807, 2.05) is 12.2 Å². The molecule has 4 nitrogen and oxygen atoms in total. The highest BCUT2D eigenvalue weighted by atomic mass is 19.3. The first kappa shape index (κ1) is 21.2. The molecule has 156 valence electrons. The van der Waals surface area contributed by atoms with E-state index in [0.29, 0.717) is 12.0 Å². The van der Waals surface area contributed by atoms with Crippen molar-refractivity contribution in [2.75, 3.05) is 25.0 Å². The standard InChI is InChI=1S/C23H30F2N4/c1-5-16(2)14-20-15-29(13-12-26-20)22-21(17(3)10-11-27-22)28-19-8-6-18(7-9-19)23(4,24)25/h5-11,16,20-21,26,28H,1,3,12-15H2,2,4H3. The maximum atomic E-state index is 13.5. The molecule has 3 atom stereocenters. The molecule has 2 heterocycles. The Morgan fingerprint density at radius 3 is 2.76 bits per heavy atom. The molecule has 1 aromatic carbocycles. The number of aliphatic imine (C=N–C) groups is 1. The molecule has 0 saturated carbocycles. The van der Waals surface area contributed by atoms with Crippen LogP contribution in [0.5, 0.6) is 0 Å². The zero-order valence-corrected chi connectivity index (χ0v) is 17.2. The van der Waals surface area contributed by atoms with E-state index in [2.05, 4.69) is 40.6 Å². The largest absolute Gasteiger partial charge is 0.372 e. The Balaban J connectivity index is 1.73. The Labute approximate surface area is 172 Å². The molecule has 3 unspecified atom stereocenters. The molecule has 1 fully saturated rings. The lowest BCUT2D eigenvalue weighted by Crippen LogP contribution is -2.56. The Morgan fingerprint density at radius 2 is 2.10 bits per heavy atom. The quantitative estimate of drug-likeness (QED) is 0.689. The van der Waals surface area contributed by atoms with Crippen LogP contribution in [0.25, 0.3) is 0 Å². The number of hydrogen-bond donors (Lipinski definition) is 2. The van der Waals surface area contributed by atoms with Gasteiger partial charge < -0.3 is 15.5 Å². The number of rotatable bonds is 6. The van der Waals surface area contributed by atoms with Gasteiger partial charge in [-0.1, -0.05) is 31.7 Å². The third kappa shape index (κ3) is 5.32. The first-order chi connectivity index (χ1) is 13.8. The lowest BCUT2D eigenvalue weighted by Gasteiger charge is -2.40. The van der Waals surface area contributed by atoms with Gasteiger partial charge in [-0.2, -0.15) is 0 Å². The summed E-state index contributed by atoms with van der Waals surface area (Å²) >= 11 is 0. The van der Waals surface area contributed by atoms with Crippen LogP contribution in [0.4, 0.5) is 14.5 Å². The van der Waals surface area contributed by atoms with Crippen molar-refractivity contribution in [1.82, 2.24) is 10.2 Å². The van der Waals surface area contributed by atoms with Crippen LogP contribution in [0.3, 0.4) is 0 Å². The number of piperazine rings is 1. The van der Waals surface area contributed by atoms with Crippen LogP contribution >= 0.6 is 0 Å². The van der Waals surface area contributed by atoms with E-state index in [0.717, 1.165) is 50.1 Å². The normalized spacial score (nSPS) is 23.5. The van der Waals surface area contributed by atoms with Crippen molar-refractivity contribution in [2.24, 2.45) is 10.9 Å². The minimum atomic E-state index is -2.85. The van der Waals surface area contributed by atoms with Crippen molar-refractivity contribution < 1.29 is 8.78 Å². The van der Waals surface area contributed by atoms with E-state index in [9.17, 15) is 8.78 Å². The molecule has 2 aliphatic heterocycles. The Hall–Kier alpha value is -2.47. The molecule has 6 heteroatoms. The second kappa shape index (κ2) is 8.91. The fourth-order valence-corrected chi connectivity index (χ4v) is 3.73. The average Bonchev–Trinajstić information content (AvgIpc) is 2.69. The lowest BCUT2D eigenvalue weighted by molar-refractivity contribution is 0.0175. The molecule has 3 rings (SSSR count). The maximum absolute atomic E-state index is 13.5. The molecule has 0 aromatic heterocycles. The second-order valence-electron chi connectivity index (χ2n) is 7.97. The number of anilines is 1. The third-order valence-corrected chi connectivity index (χ3v) is 5.47. The van der Waals surface area contributed by atoms with E-state index in [-0.39, 0.29) is 11.6 Å². The van der Waals surface area contributed by atoms with Gasteiger partial charge in [-0.25, -0.2) is 13.8 Å². The third-order valence-electron chi connectivity index (χ3n) is 5.47. The van der Waals surface area contributed by atoms with Crippen molar-refractivity contribution in [1.29, 1.82) is 0 Å². The highest BCUT2D eigenvalue weighted by Gasteiger charge is 2.30. The van der Waals surface area contributed by atoms with Gasteiger partial charge in [-0.05, 0) is 36.1 Å². The molecule has 2 N–H and O–H groups in total. The van der Waals surface area contributed by atoms with Crippen LogP contribution in [0.1, 0.15) is 25.8 Å². The van der Waals surface area contributed by atoms with E-state index in [4.69, 9.17) is 0 Å². The van der Waals surface area contributed by atoms with E-state index >= 15 is 0 Å². The lowest BCUT2D eigenvalue weighted by atomic mass is 9.98. The van der Waals surface area contributed by atoms with Crippen molar-refractivity contribution in [3.05, 3.63) is 66.9 Å². The highest BCUT2D eigenvalue weighted by Crippen LogP contribution is 2.28. The first-order valence-electron chi connectivity index (χ1n) is 10.1. The van der Waals surface area contributed by atoms with Gasteiger partial charge >= 0.3 is 0 Å². The van der Waals surface area contributed by atoms with Crippen LogP contribution in [0, 0.1) is 5.92 Å². The topological polar surface area (TPSA) is 39.7 Å². The predicted octanol–water partition coefficient (Wildman–Crippen LogP) is 4.55. The molecular formula is C23H30F2N4. The van der Waals surface area contributed by atoms with Gasteiger partial charge in [0.1, 0.15) is 11.9 Å². The van der Waals surface area contributed by atoms with E-state index < -0.39 is 5.92 Å². The molecule has 1 aromatic rings. The van der Waals surface area contributed by atoms with Crippen LogP contribution in [-0.4, -0.2) is 42.5 Å². The predicted molar refractivity (Wildman–Crippen MR) is 116 cm³/mol. The summed E-state index contributed by atoms with van der Waals surface area (Å²) in [6, 6.07) is 6.45. The minimum Gasteiger partial charge on any atom is -0.372 e. The average molecular weight is 401 g/mol. The number of benzene rings is 1. The molecule has 29 heavy (non-hydrogen) atoms. The molecule has 0 aliphatic carbocycles. The van der Waals surface area contributed by atoms with Gasteiger partial charge in [0, 0.05) is 50.1 Å². The smallest absolute Gasteiger partial charge is 0.270 e. The Morgan fingerprint density at radius 1 is 1.38 bits per heavy atom. The van der Waals surface area contributed by atoms with Crippen molar-refractivity contribution in [3.63, 3.8) is 0 Å². The van der Waals surface area contributed by atoms with Gasteiger partial charge in [0.05, 0.1) is 0 Å². The van der Waals surface area contributed by atoms with E-state index in [1.54, 1.807) is 18.3 Å². The van der Waals surface area contributed by atoms with Crippen LogP contribution < -0.4 is 10.6 Å². The summed E-state index contributed by atoms with van der Waals surface area (Å²) in [6.45, 7) is 13.7. The number of nitrogens with one attached hydrogen (secondary N) is 2. The van der Waals surface area contributed by atoms with Crippen LogP contribution in [0.15, 0.2) is 66.3 Å². The molecule has 0 spiro atoms. The summed E-state index contributed by atoms with van der Waals surface area (Å²) in [5, 5.41) is 6.99. The number of amidine groups is 1. The van der Waals surface area contributed by atoms with Gasteiger partial charge in [0.2, 0.25) is 0 Å². The molecule has 0 bridgehead atoms. The van der Waals surface area contributed by atoms with Gasteiger partial charge in [0.15, 0.2) is 0 Å². The number of hydrogen-bond acceptors (Lipinski definition) is 4. The molecule has 0 amide bonds. The van der Waals surface area contributed by atoms with Gasteiger partial charge in [-0.15, -0.1) is 6.58 Å².